The quantitative estimate of drug-likeness (QED) is 0.556. The first kappa shape index (κ1) is 21.6. The van der Waals surface area contributed by atoms with Crippen molar-refractivity contribution in [1.82, 2.24) is 24.6 Å². The van der Waals surface area contributed by atoms with Gasteiger partial charge in [0, 0.05) is 42.9 Å². The highest BCUT2D eigenvalue weighted by atomic mass is 16.5. The van der Waals surface area contributed by atoms with E-state index in [1.54, 1.807) is 4.68 Å². The second-order valence-electron chi connectivity index (χ2n) is 8.64. The minimum Gasteiger partial charge on any atom is -0.377 e. The Labute approximate surface area is 183 Å². The molecule has 3 aromatic rings. The number of carbonyl (C=O) groups excluding carboxylic acids is 1. The number of aromatic nitrogens is 4. The van der Waals surface area contributed by atoms with Gasteiger partial charge in [-0.2, -0.15) is 5.10 Å². The van der Waals surface area contributed by atoms with Crippen molar-refractivity contribution in [2.75, 3.05) is 26.2 Å². The molecular formula is C24H31N5O2. The topological polar surface area (TPSA) is 73.1 Å². The average Bonchev–Trinajstić information content (AvgIpc) is 3.20. The Balaban J connectivity index is 1.36. The Hall–Kier alpha value is -2.64. The molecule has 0 saturated carbocycles. The number of ketones is 1. The van der Waals surface area contributed by atoms with E-state index in [-0.39, 0.29) is 17.8 Å². The van der Waals surface area contributed by atoms with E-state index in [1.165, 1.54) is 0 Å². The number of rotatable bonds is 8. The minimum atomic E-state index is 0.100. The lowest BCUT2D eigenvalue weighted by Crippen LogP contribution is -2.38. The minimum absolute atomic E-state index is 0.100. The summed E-state index contributed by atoms with van der Waals surface area (Å²) in [5, 5.41) is 5.21. The van der Waals surface area contributed by atoms with Crippen LogP contribution < -0.4 is 0 Å². The number of aryl methyl sites for hydroxylation is 1. The Morgan fingerprint density at radius 2 is 2.00 bits per heavy atom. The molecular weight excluding hydrogens is 390 g/mol. The van der Waals surface area contributed by atoms with Gasteiger partial charge in [-0.3, -0.25) is 9.48 Å². The lowest BCUT2D eigenvalue weighted by Gasteiger charge is -2.31. The normalized spacial score (nSPS) is 15.7. The van der Waals surface area contributed by atoms with Crippen LogP contribution in [0.5, 0.6) is 0 Å². The van der Waals surface area contributed by atoms with Gasteiger partial charge in [-0.1, -0.05) is 12.1 Å². The maximum atomic E-state index is 12.9. The van der Waals surface area contributed by atoms with Crippen LogP contribution in [0.3, 0.4) is 0 Å². The molecule has 3 heterocycles. The van der Waals surface area contributed by atoms with Gasteiger partial charge in [0.05, 0.1) is 30.8 Å². The van der Waals surface area contributed by atoms with E-state index in [0.29, 0.717) is 12.2 Å². The van der Waals surface area contributed by atoms with Crippen LogP contribution in [0.2, 0.25) is 0 Å². The Morgan fingerprint density at radius 1 is 1.19 bits per heavy atom. The highest BCUT2D eigenvalue weighted by molar-refractivity contribution is 5.85. The molecule has 7 nitrogen and oxygen atoms in total. The van der Waals surface area contributed by atoms with Crippen molar-refractivity contribution in [2.24, 2.45) is 13.0 Å². The van der Waals surface area contributed by atoms with Crippen molar-refractivity contribution in [2.45, 2.75) is 39.2 Å². The van der Waals surface area contributed by atoms with Crippen molar-refractivity contribution in [3.05, 3.63) is 42.6 Å². The predicted octanol–water partition coefficient (Wildman–Crippen LogP) is 3.28. The third-order valence-corrected chi connectivity index (χ3v) is 5.90. The van der Waals surface area contributed by atoms with Gasteiger partial charge in [-0.25, -0.2) is 9.97 Å². The molecule has 1 aliphatic rings. The molecule has 0 unspecified atom stereocenters. The van der Waals surface area contributed by atoms with E-state index < -0.39 is 0 Å². The number of carbonyl (C=O) groups is 1. The Kier molecular flexibility index (Phi) is 6.73. The second kappa shape index (κ2) is 9.66. The molecule has 4 rings (SSSR count). The van der Waals surface area contributed by atoms with Gasteiger partial charge >= 0.3 is 0 Å². The number of likely N-dealkylation sites (tertiary alicyclic amines) is 1. The van der Waals surface area contributed by atoms with Crippen molar-refractivity contribution in [3.63, 3.8) is 0 Å². The predicted molar refractivity (Wildman–Crippen MR) is 121 cm³/mol. The maximum absolute atomic E-state index is 12.9. The molecule has 1 saturated heterocycles. The number of nitrogens with zero attached hydrogens (tertiary/aromatic N) is 5. The Morgan fingerprint density at radius 3 is 2.71 bits per heavy atom. The molecule has 0 spiro atoms. The van der Waals surface area contributed by atoms with Crippen LogP contribution in [0, 0.1) is 5.92 Å². The summed E-state index contributed by atoms with van der Waals surface area (Å²) in [5.74, 6) is 0.956. The molecule has 1 aromatic carbocycles. The zero-order valence-electron chi connectivity index (χ0n) is 18.6. The van der Waals surface area contributed by atoms with E-state index in [4.69, 9.17) is 4.74 Å². The van der Waals surface area contributed by atoms with Crippen LogP contribution >= 0.6 is 0 Å². The molecule has 1 aliphatic heterocycles. The van der Waals surface area contributed by atoms with Gasteiger partial charge in [0.25, 0.3) is 0 Å². The molecule has 1 fully saturated rings. The zero-order chi connectivity index (χ0) is 21.8. The number of fused-ring (bicyclic) bond motifs is 1. The molecule has 0 aliphatic carbocycles. The number of hydrogen-bond acceptors (Lipinski definition) is 6. The SMILES string of the molecule is CC(C)OCCN1CCC(C(=O)Cc2ncc3ccc(-c4cnn(C)c4)cc3n2)CC1. The van der Waals surface area contributed by atoms with Gasteiger partial charge in [0.2, 0.25) is 0 Å². The third-order valence-electron chi connectivity index (χ3n) is 5.90. The largest absolute Gasteiger partial charge is 0.377 e. The van der Waals surface area contributed by atoms with Crippen LogP contribution in [-0.4, -0.2) is 62.8 Å². The number of ether oxygens (including phenoxy) is 1. The molecule has 7 heteroatoms. The van der Waals surface area contributed by atoms with E-state index in [2.05, 4.69) is 33.8 Å². The first-order chi connectivity index (χ1) is 15.0. The summed E-state index contributed by atoms with van der Waals surface area (Å²) < 4.78 is 7.42. The lowest BCUT2D eigenvalue weighted by atomic mass is 9.91. The molecule has 164 valence electrons. The molecule has 0 amide bonds. The third kappa shape index (κ3) is 5.54. The molecule has 2 aromatic heterocycles. The van der Waals surface area contributed by atoms with Crippen LogP contribution in [-0.2, 0) is 23.0 Å². The summed E-state index contributed by atoms with van der Waals surface area (Å²) in [6.07, 6.45) is 8.01. The highest BCUT2D eigenvalue weighted by Gasteiger charge is 2.25. The van der Waals surface area contributed by atoms with Crippen molar-refractivity contribution in [3.8, 4) is 11.1 Å². The first-order valence-corrected chi connectivity index (χ1v) is 11.1. The molecule has 0 N–H and O–H groups in total. The standard InChI is InChI=1S/C24H31N5O2/c1-17(2)31-11-10-29-8-6-18(7-9-29)23(30)13-24-25-14-20-5-4-19(12-22(20)27-24)21-15-26-28(3)16-21/h4-5,12,14-18H,6-11,13H2,1-3H3. The van der Waals surface area contributed by atoms with E-state index >= 15 is 0 Å². The summed E-state index contributed by atoms with van der Waals surface area (Å²) >= 11 is 0. The van der Waals surface area contributed by atoms with E-state index in [1.807, 2.05) is 43.8 Å². The number of piperidine rings is 1. The molecule has 31 heavy (non-hydrogen) atoms. The van der Waals surface area contributed by atoms with Gasteiger partial charge in [0.1, 0.15) is 11.6 Å². The molecule has 0 bridgehead atoms. The summed E-state index contributed by atoms with van der Waals surface area (Å²) in [6.45, 7) is 7.70. The maximum Gasteiger partial charge on any atom is 0.143 e. The van der Waals surface area contributed by atoms with Crippen LogP contribution in [0.15, 0.2) is 36.8 Å². The van der Waals surface area contributed by atoms with Gasteiger partial charge in [-0.15, -0.1) is 0 Å². The van der Waals surface area contributed by atoms with Crippen molar-refractivity contribution < 1.29 is 9.53 Å². The average molecular weight is 422 g/mol. The van der Waals surface area contributed by atoms with Crippen LogP contribution in [0.4, 0.5) is 0 Å². The number of Topliss-reactive ketones (excluding diaryl/α,β-unsaturated/α-hetero) is 1. The van der Waals surface area contributed by atoms with Crippen molar-refractivity contribution >= 4 is 16.7 Å². The van der Waals surface area contributed by atoms with Gasteiger partial charge in [-0.05, 0) is 51.4 Å². The Bertz CT molecular complexity index is 1040. The number of hydrogen-bond donors (Lipinski definition) is 0. The summed E-state index contributed by atoms with van der Waals surface area (Å²) in [4.78, 5) is 24.4. The molecule has 0 radical (unpaired) electrons. The summed E-state index contributed by atoms with van der Waals surface area (Å²) in [5.41, 5.74) is 2.97. The van der Waals surface area contributed by atoms with Crippen molar-refractivity contribution in [1.29, 1.82) is 0 Å². The summed E-state index contributed by atoms with van der Waals surface area (Å²) in [6, 6.07) is 6.11. The fourth-order valence-corrected chi connectivity index (χ4v) is 4.09. The lowest BCUT2D eigenvalue weighted by molar-refractivity contribution is -0.123. The second-order valence-corrected chi connectivity index (χ2v) is 8.64. The van der Waals surface area contributed by atoms with Crippen LogP contribution in [0.1, 0.15) is 32.5 Å². The zero-order valence-corrected chi connectivity index (χ0v) is 18.6. The molecule has 0 atom stereocenters. The smallest absolute Gasteiger partial charge is 0.143 e. The van der Waals surface area contributed by atoms with Gasteiger partial charge in [0.15, 0.2) is 0 Å². The fourth-order valence-electron chi connectivity index (χ4n) is 4.09. The van der Waals surface area contributed by atoms with E-state index in [0.717, 1.165) is 61.1 Å². The number of benzene rings is 1. The highest BCUT2D eigenvalue weighted by Crippen LogP contribution is 2.24. The van der Waals surface area contributed by atoms with E-state index in [9.17, 15) is 4.79 Å². The van der Waals surface area contributed by atoms with Crippen LogP contribution in [0.25, 0.3) is 22.0 Å². The monoisotopic (exact) mass is 421 g/mol. The first-order valence-electron chi connectivity index (χ1n) is 11.1. The van der Waals surface area contributed by atoms with Gasteiger partial charge < -0.3 is 9.64 Å². The summed E-state index contributed by atoms with van der Waals surface area (Å²) in [7, 11) is 1.90. The fraction of sp³-hybridized carbons (Fsp3) is 0.500.